The summed E-state index contributed by atoms with van der Waals surface area (Å²) in [5, 5.41) is 3.06. The van der Waals surface area contributed by atoms with E-state index < -0.39 is 11.5 Å². The van der Waals surface area contributed by atoms with Crippen LogP contribution in [0.25, 0.3) is 11.1 Å². The maximum Gasteiger partial charge on any atom is 0.251 e. The first-order valence-electron chi connectivity index (χ1n) is 11.4. The Bertz CT molecular complexity index is 987. The molecule has 6 heteroatoms. The molecule has 0 aromatic heterocycles. The number of nitrogens with zero attached hydrogens (tertiary/aromatic N) is 1. The van der Waals surface area contributed by atoms with Gasteiger partial charge in [-0.15, -0.1) is 0 Å². The van der Waals surface area contributed by atoms with Gasteiger partial charge in [-0.3, -0.25) is 9.59 Å². The van der Waals surface area contributed by atoms with E-state index in [1.165, 1.54) is 6.07 Å². The molecule has 2 atom stereocenters. The molecule has 2 heterocycles. The summed E-state index contributed by atoms with van der Waals surface area (Å²) in [5.74, 6) is -0.371. The lowest BCUT2D eigenvalue weighted by Crippen LogP contribution is -2.48. The fraction of sp³-hybridized carbons (Fsp3) is 0.462. The SMILES string of the molecule is CC(C)NC(=O)C1(Cc2ccccc2-c2ccccc2F)CCN(C(=O)C2CCCO2)C1. The molecule has 2 aromatic rings. The number of ether oxygens (including phenoxy) is 1. The minimum Gasteiger partial charge on any atom is -0.368 e. The molecule has 5 nitrogen and oxygen atoms in total. The summed E-state index contributed by atoms with van der Waals surface area (Å²) in [4.78, 5) is 28.2. The van der Waals surface area contributed by atoms with Gasteiger partial charge in [-0.25, -0.2) is 4.39 Å². The number of amides is 2. The lowest BCUT2D eigenvalue weighted by molar-refractivity contribution is -0.141. The van der Waals surface area contributed by atoms with Gasteiger partial charge in [0, 0.05) is 31.3 Å². The molecule has 0 saturated carbocycles. The third kappa shape index (κ3) is 4.56. The second-order valence-corrected chi connectivity index (χ2v) is 9.23. The second kappa shape index (κ2) is 9.41. The molecule has 4 rings (SSSR count). The van der Waals surface area contributed by atoms with Gasteiger partial charge in [-0.2, -0.15) is 0 Å². The van der Waals surface area contributed by atoms with E-state index >= 15 is 0 Å². The lowest BCUT2D eigenvalue weighted by Gasteiger charge is -2.30. The van der Waals surface area contributed by atoms with Gasteiger partial charge in [0.1, 0.15) is 11.9 Å². The first-order valence-corrected chi connectivity index (χ1v) is 11.4. The monoisotopic (exact) mass is 438 g/mol. The molecular weight excluding hydrogens is 407 g/mol. The molecule has 0 spiro atoms. The van der Waals surface area contributed by atoms with Gasteiger partial charge >= 0.3 is 0 Å². The van der Waals surface area contributed by atoms with Crippen molar-refractivity contribution in [1.82, 2.24) is 10.2 Å². The van der Waals surface area contributed by atoms with Crippen LogP contribution in [-0.4, -0.2) is 48.6 Å². The zero-order valence-electron chi connectivity index (χ0n) is 18.8. The van der Waals surface area contributed by atoms with Crippen molar-refractivity contribution in [3.63, 3.8) is 0 Å². The summed E-state index contributed by atoms with van der Waals surface area (Å²) >= 11 is 0. The van der Waals surface area contributed by atoms with Crippen molar-refractivity contribution >= 4 is 11.8 Å². The molecule has 32 heavy (non-hydrogen) atoms. The highest BCUT2D eigenvalue weighted by Crippen LogP contribution is 2.38. The quantitative estimate of drug-likeness (QED) is 0.743. The van der Waals surface area contributed by atoms with E-state index in [1.54, 1.807) is 17.0 Å². The van der Waals surface area contributed by atoms with Gasteiger partial charge in [0.2, 0.25) is 5.91 Å². The van der Waals surface area contributed by atoms with Crippen LogP contribution in [0.3, 0.4) is 0 Å². The molecule has 2 aliphatic rings. The third-order valence-electron chi connectivity index (χ3n) is 6.48. The minimum absolute atomic E-state index is 0.0101. The van der Waals surface area contributed by atoms with E-state index in [1.807, 2.05) is 44.2 Å². The zero-order valence-corrected chi connectivity index (χ0v) is 18.8. The number of carbonyl (C=O) groups excluding carboxylic acids is 2. The first kappa shape index (κ1) is 22.5. The Kier molecular flexibility index (Phi) is 6.60. The third-order valence-corrected chi connectivity index (χ3v) is 6.48. The molecule has 0 aliphatic carbocycles. The standard InChI is InChI=1S/C26H31FN2O3/c1-18(2)28-25(31)26(13-14-29(17-26)24(30)23-12-7-15-32-23)16-19-8-3-4-9-20(19)21-10-5-6-11-22(21)27/h3-6,8-11,18,23H,7,12-17H2,1-2H3,(H,28,31). The molecule has 2 aromatic carbocycles. The number of nitrogens with one attached hydrogen (secondary N) is 1. The Balaban J connectivity index is 1.65. The normalized spacial score (nSPS) is 23.0. The lowest BCUT2D eigenvalue weighted by atomic mass is 9.78. The molecule has 2 saturated heterocycles. The van der Waals surface area contributed by atoms with Gasteiger partial charge in [-0.05, 0) is 56.7 Å². The number of carbonyl (C=O) groups is 2. The maximum absolute atomic E-state index is 14.6. The number of hydrogen-bond donors (Lipinski definition) is 1. The first-order chi connectivity index (χ1) is 15.4. The summed E-state index contributed by atoms with van der Waals surface area (Å²) in [6, 6.07) is 14.3. The zero-order chi connectivity index (χ0) is 22.7. The van der Waals surface area contributed by atoms with Crippen molar-refractivity contribution in [2.24, 2.45) is 5.41 Å². The van der Waals surface area contributed by atoms with Gasteiger partial charge < -0.3 is 15.0 Å². The van der Waals surface area contributed by atoms with Crippen LogP contribution < -0.4 is 5.32 Å². The molecule has 0 radical (unpaired) electrons. The van der Waals surface area contributed by atoms with Crippen LogP contribution in [0.5, 0.6) is 0 Å². The summed E-state index contributed by atoms with van der Waals surface area (Å²) < 4.78 is 20.2. The summed E-state index contributed by atoms with van der Waals surface area (Å²) in [7, 11) is 0. The Labute approximate surface area is 188 Å². The summed E-state index contributed by atoms with van der Waals surface area (Å²) in [6.45, 7) is 5.34. The van der Waals surface area contributed by atoms with Crippen LogP contribution in [0, 0.1) is 11.2 Å². The highest BCUT2D eigenvalue weighted by molar-refractivity contribution is 5.87. The van der Waals surface area contributed by atoms with Gasteiger partial charge in [-0.1, -0.05) is 42.5 Å². The molecule has 2 unspecified atom stereocenters. The van der Waals surface area contributed by atoms with E-state index in [2.05, 4.69) is 5.32 Å². The fourth-order valence-electron chi connectivity index (χ4n) is 4.84. The second-order valence-electron chi connectivity index (χ2n) is 9.23. The minimum atomic E-state index is -0.764. The highest BCUT2D eigenvalue weighted by atomic mass is 19.1. The van der Waals surface area contributed by atoms with E-state index in [9.17, 15) is 14.0 Å². The van der Waals surface area contributed by atoms with Crippen molar-refractivity contribution < 1.29 is 18.7 Å². The smallest absolute Gasteiger partial charge is 0.251 e. The molecular formula is C26H31FN2O3. The van der Waals surface area contributed by atoms with Crippen LogP contribution in [0.2, 0.25) is 0 Å². The van der Waals surface area contributed by atoms with Crippen LogP contribution in [0.1, 0.15) is 38.7 Å². The number of likely N-dealkylation sites (tertiary alicyclic amines) is 1. The molecule has 170 valence electrons. The number of hydrogen-bond acceptors (Lipinski definition) is 3. The van der Waals surface area contributed by atoms with Crippen molar-refractivity contribution in [2.45, 2.75) is 51.7 Å². The Morgan fingerprint density at radius 1 is 1.16 bits per heavy atom. The average Bonchev–Trinajstić information content (AvgIpc) is 3.45. The van der Waals surface area contributed by atoms with Gasteiger partial charge in [0.25, 0.3) is 5.91 Å². The largest absolute Gasteiger partial charge is 0.368 e. The summed E-state index contributed by atoms with van der Waals surface area (Å²) in [5.41, 5.74) is 1.45. The van der Waals surface area contributed by atoms with Gasteiger partial charge in [0.15, 0.2) is 0 Å². The summed E-state index contributed by atoms with van der Waals surface area (Å²) in [6.07, 6.45) is 2.22. The Hall–Kier alpha value is -2.73. The maximum atomic E-state index is 14.6. The predicted octanol–water partition coefficient (Wildman–Crippen LogP) is 3.96. The van der Waals surface area contributed by atoms with E-state index in [-0.39, 0.29) is 23.7 Å². The van der Waals surface area contributed by atoms with Crippen molar-refractivity contribution in [3.05, 3.63) is 59.9 Å². The average molecular weight is 439 g/mol. The number of benzene rings is 2. The molecule has 1 N–H and O–H groups in total. The van der Waals surface area contributed by atoms with Crippen molar-refractivity contribution in [2.75, 3.05) is 19.7 Å². The van der Waals surface area contributed by atoms with Crippen LogP contribution in [-0.2, 0) is 20.7 Å². The topological polar surface area (TPSA) is 58.6 Å². The van der Waals surface area contributed by atoms with Crippen molar-refractivity contribution in [3.8, 4) is 11.1 Å². The Morgan fingerprint density at radius 3 is 2.56 bits per heavy atom. The van der Waals surface area contributed by atoms with Crippen LogP contribution >= 0.6 is 0 Å². The molecule has 2 aliphatic heterocycles. The van der Waals surface area contributed by atoms with Crippen LogP contribution in [0.15, 0.2) is 48.5 Å². The highest BCUT2D eigenvalue weighted by Gasteiger charge is 2.47. The molecule has 0 bridgehead atoms. The van der Waals surface area contributed by atoms with Crippen LogP contribution in [0.4, 0.5) is 4.39 Å². The number of halogens is 1. The fourth-order valence-corrected chi connectivity index (χ4v) is 4.84. The molecule has 2 amide bonds. The predicted molar refractivity (Wildman–Crippen MR) is 121 cm³/mol. The van der Waals surface area contributed by atoms with E-state index in [4.69, 9.17) is 4.74 Å². The Morgan fingerprint density at radius 2 is 1.88 bits per heavy atom. The number of rotatable bonds is 6. The van der Waals surface area contributed by atoms with Gasteiger partial charge in [0.05, 0.1) is 5.41 Å². The van der Waals surface area contributed by atoms with E-state index in [0.29, 0.717) is 38.1 Å². The molecule has 2 fully saturated rings. The van der Waals surface area contributed by atoms with Crippen molar-refractivity contribution in [1.29, 1.82) is 0 Å². The van der Waals surface area contributed by atoms with E-state index in [0.717, 1.165) is 24.0 Å².